The van der Waals surface area contributed by atoms with E-state index in [1.807, 2.05) is 0 Å². The smallest absolute Gasteiger partial charge is 0.384 e. The van der Waals surface area contributed by atoms with Gasteiger partial charge in [-0.15, -0.1) is 0 Å². The summed E-state index contributed by atoms with van der Waals surface area (Å²) in [4.78, 5) is 60.8. The molecular formula is C28H30O14. The van der Waals surface area contributed by atoms with Crippen molar-refractivity contribution in [1.82, 2.24) is 0 Å². The van der Waals surface area contributed by atoms with Crippen LogP contribution in [0.5, 0.6) is 17.2 Å². The summed E-state index contributed by atoms with van der Waals surface area (Å²) in [6.07, 6.45) is -5.07. The number of fused-ring (bicyclic) bond motifs is 1. The highest BCUT2D eigenvalue weighted by molar-refractivity contribution is 5.86. The van der Waals surface area contributed by atoms with Crippen molar-refractivity contribution in [2.45, 2.75) is 72.2 Å². The van der Waals surface area contributed by atoms with Crippen molar-refractivity contribution >= 4 is 34.8 Å². The van der Waals surface area contributed by atoms with Gasteiger partial charge in [0.05, 0.1) is 12.0 Å². The molecule has 1 aliphatic rings. The van der Waals surface area contributed by atoms with Crippen LogP contribution in [0, 0.1) is 12.0 Å². The third kappa shape index (κ3) is 7.91. The van der Waals surface area contributed by atoms with Gasteiger partial charge >= 0.3 is 29.5 Å². The Morgan fingerprint density at radius 1 is 0.881 bits per heavy atom. The largest absolute Gasteiger partial charge is 0.494 e. The molecule has 0 bridgehead atoms. The molecule has 1 saturated heterocycles. The normalized spacial score (nSPS) is 21.2. The summed E-state index contributed by atoms with van der Waals surface area (Å²) in [7, 11) is 0. The minimum atomic E-state index is -1.64. The highest BCUT2D eigenvalue weighted by Gasteiger charge is 2.53. The lowest BCUT2D eigenvalue weighted by atomic mass is 9.98. The molecule has 1 aromatic carbocycles. The average Bonchev–Trinajstić information content (AvgIpc) is 2.89. The van der Waals surface area contributed by atoms with Crippen molar-refractivity contribution in [1.29, 1.82) is 0 Å². The highest BCUT2D eigenvalue weighted by atomic mass is 16.7. The van der Waals surface area contributed by atoms with E-state index in [0.717, 1.165) is 27.7 Å². The number of rotatable bonds is 10. The van der Waals surface area contributed by atoms with Crippen LogP contribution in [0.15, 0.2) is 27.4 Å². The third-order valence-electron chi connectivity index (χ3n) is 5.54. The van der Waals surface area contributed by atoms with E-state index < -0.39 is 72.6 Å². The quantitative estimate of drug-likeness (QED) is 0.170. The van der Waals surface area contributed by atoms with E-state index >= 15 is 0 Å². The van der Waals surface area contributed by atoms with Crippen LogP contribution in [0.4, 0.5) is 0 Å². The van der Waals surface area contributed by atoms with Crippen LogP contribution in [0.1, 0.15) is 41.5 Å². The van der Waals surface area contributed by atoms with Crippen LogP contribution in [-0.4, -0.2) is 67.8 Å². The van der Waals surface area contributed by atoms with Crippen molar-refractivity contribution < 1.29 is 61.5 Å². The van der Waals surface area contributed by atoms with Gasteiger partial charge in [-0.25, -0.2) is 4.79 Å². The molecule has 14 heteroatoms. The van der Waals surface area contributed by atoms with Crippen molar-refractivity contribution in [2.75, 3.05) is 13.2 Å². The minimum absolute atomic E-state index is 0.0448. The fourth-order valence-electron chi connectivity index (χ4n) is 4.10. The Hall–Kier alpha value is -4.77. The zero-order valence-electron chi connectivity index (χ0n) is 23.7. The van der Waals surface area contributed by atoms with Gasteiger partial charge < -0.3 is 42.3 Å². The lowest BCUT2D eigenvalue weighted by molar-refractivity contribution is -0.288. The molecule has 2 heterocycles. The molecular weight excluding hydrogens is 560 g/mol. The molecule has 2 aromatic rings. The first-order valence-corrected chi connectivity index (χ1v) is 12.7. The van der Waals surface area contributed by atoms with Crippen LogP contribution in [-0.2, 0) is 42.9 Å². The zero-order valence-corrected chi connectivity index (χ0v) is 23.7. The molecule has 0 amide bonds. The van der Waals surface area contributed by atoms with Crippen molar-refractivity contribution in [3.63, 3.8) is 0 Å². The molecule has 226 valence electrons. The van der Waals surface area contributed by atoms with Gasteiger partial charge in [0.25, 0.3) is 5.75 Å². The third-order valence-corrected chi connectivity index (χ3v) is 5.54. The molecule has 0 N–H and O–H groups in total. The highest BCUT2D eigenvalue weighted by Crippen LogP contribution is 2.38. The maximum atomic E-state index is 13.0. The molecule has 1 fully saturated rings. The Kier molecular flexibility index (Phi) is 10.8. The summed E-state index contributed by atoms with van der Waals surface area (Å²) in [5.41, 5.74) is -0.928. The number of carbonyl (C=O) groups excluding carboxylic acids is 4. The van der Waals surface area contributed by atoms with Crippen LogP contribution < -0.4 is 19.8 Å². The van der Waals surface area contributed by atoms with Crippen LogP contribution in [0.2, 0.25) is 0 Å². The Morgan fingerprint density at radius 2 is 1.52 bits per heavy atom. The summed E-state index contributed by atoms with van der Waals surface area (Å²) in [6.45, 7) is 7.53. The van der Waals surface area contributed by atoms with Gasteiger partial charge in [0.15, 0.2) is 18.0 Å². The predicted molar refractivity (Wildman–Crippen MR) is 140 cm³/mol. The van der Waals surface area contributed by atoms with Gasteiger partial charge in [-0.2, -0.15) is 0 Å². The molecule has 3 rings (SSSR count). The van der Waals surface area contributed by atoms with E-state index in [1.54, 1.807) is 13.0 Å². The number of carbonyl (C=O) groups is 4. The van der Waals surface area contributed by atoms with Gasteiger partial charge in [0.2, 0.25) is 12.4 Å². The van der Waals surface area contributed by atoms with Crippen molar-refractivity contribution in [3.05, 3.63) is 28.6 Å². The number of ether oxygens (including phenoxy) is 8. The van der Waals surface area contributed by atoms with Gasteiger partial charge in [-0.1, -0.05) is 5.92 Å². The first-order valence-electron chi connectivity index (χ1n) is 12.7. The van der Waals surface area contributed by atoms with Crippen LogP contribution in [0.25, 0.3) is 11.0 Å². The van der Waals surface area contributed by atoms with E-state index in [1.165, 1.54) is 19.1 Å². The van der Waals surface area contributed by atoms with Gasteiger partial charge in [0.1, 0.15) is 30.1 Å². The SMILES string of the molecule is CC#COc1c(O[C@@H]2O[C@H](COC(C)=O)[C@@H](OC(C)=O)[C@H](OC(C)=O)[C@H]2OC(C)=O)c2ccc(OCC)cc2oc1=O. The van der Waals surface area contributed by atoms with Gasteiger partial charge in [-0.3, -0.25) is 19.2 Å². The van der Waals surface area contributed by atoms with Gasteiger partial charge in [-0.05, 0) is 19.1 Å². The van der Waals surface area contributed by atoms with E-state index in [0.29, 0.717) is 12.4 Å². The standard InChI is InChI=1S/C28H30O14/c1-7-11-35-25-22(19-10-9-18(34-8-2)12-20(19)40-27(25)33)42-28-26(39-17(6)32)24(38-16(5)31)23(37-15(4)30)21(41-28)13-36-14(3)29/h9-10,12,21,23-24,26,28H,8,13H2,1-6H3/t21-,23-,24+,26-,28+/m1/s1. The summed E-state index contributed by atoms with van der Waals surface area (Å²) in [5, 5.41) is 0.207. The minimum Gasteiger partial charge on any atom is -0.494 e. The molecule has 0 aliphatic carbocycles. The van der Waals surface area contributed by atoms with Crippen molar-refractivity contribution in [3.8, 4) is 29.3 Å². The number of esters is 4. The maximum absolute atomic E-state index is 13.0. The van der Waals surface area contributed by atoms with E-state index in [4.69, 9.17) is 42.3 Å². The molecule has 1 aromatic heterocycles. The average molecular weight is 591 g/mol. The predicted octanol–water partition coefficient (Wildman–Crippen LogP) is 2.01. The summed E-state index contributed by atoms with van der Waals surface area (Å²) < 4.78 is 49.6. The molecule has 14 nitrogen and oxygen atoms in total. The number of benzene rings is 1. The topological polar surface area (TPSA) is 172 Å². The second kappa shape index (κ2) is 14.2. The van der Waals surface area contributed by atoms with Crippen LogP contribution >= 0.6 is 0 Å². The summed E-state index contributed by atoms with van der Waals surface area (Å²) >= 11 is 0. The second-order valence-electron chi connectivity index (χ2n) is 8.78. The van der Waals surface area contributed by atoms with E-state index in [2.05, 4.69) is 12.0 Å². The van der Waals surface area contributed by atoms with Crippen LogP contribution in [0.3, 0.4) is 0 Å². The Bertz CT molecular complexity index is 1450. The molecule has 1 aliphatic heterocycles. The maximum Gasteiger partial charge on any atom is 0.384 e. The Labute approximate surface area is 240 Å². The monoisotopic (exact) mass is 590 g/mol. The molecule has 0 unspecified atom stereocenters. The first-order chi connectivity index (χ1) is 19.9. The summed E-state index contributed by atoms with van der Waals surface area (Å²) in [6, 6.07) is 4.56. The van der Waals surface area contributed by atoms with E-state index in [9.17, 15) is 24.0 Å². The van der Waals surface area contributed by atoms with E-state index in [-0.39, 0.29) is 16.7 Å². The Balaban J connectivity index is 2.21. The molecule has 5 atom stereocenters. The number of hydrogen-bond acceptors (Lipinski definition) is 14. The molecule has 42 heavy (non-hydrogen) atoms. The first kappa shape index (κ1) is 31.8. The fraction of sp³-hybridized carbons (Fsp3) is 0.464. The van der Waals surface area contributed by atoms with Crippen molar-refractivity contribution in [2.24, 2.45) is 0 Å². The molecule has 0 radical (unpaired) electrons. The Morgan fingerprint density at radius 3 is 2.12 bits per heavy atom. The second-order valence-corrected chi connectivity index (χ2v) is 8.78. The van der Waals surface area contributed by atoms with Gasteiger partial charge in [0, 0.05) is 40.7 Å². The lowest BCUT2D eigenvalue weighted by Crippen LogP contribution is -2.63. The molecule has 0 saturated carbocycles. The summed E-state index contributed by atoms with van der Waals surface area (Å²) in [5.74, 6) is -0.940. The number of hydrogen-bond donors (Lipinski definition) is 0. The molecule has 0 spiro atoms. The lowest BCUT2D eigenvalue weighted by Gasteiger charge is -2.43. The fourth-order valence-corrected chi connectivity index (χ4v) is 4.10. The zero-order chi connectivity index (χ0) is 31.0.